The first-order valence-corrected chi connectivity index (χ1v) is 7.45. The lowest BCUT2D eigenvalue weighted by Gasteiger charge is -2.34. The molecule has 0 spiro atoms. The Morgan fingerprint density at radius 3 is 2.58 bits per heavy atom. The largest absolute Gasteiger partial charge is 0.319 e. The van der Waals surface area contributed by atoms with Crippen LogP contribution in [0.25, 0.3) is 0 Å². The molecule has 0 fully saturated rings. The second-order valence-corrected chi connectivity index (χ2v) is 6.26. The highest BCUT2D eigenvalue weighted by molar-refractivity contribution is 6.31. The maximum Gasteiger partial charge on any atom is 0.0451 e. The van der Waals surface area contributed by atoms with Crippen molar-refractivity contribution in [1.29, 1.82) is 0 Å². The van der Waals surface area contributed by atoms with E-state index in [4.69, 9.17) is 11.6 Å². The lowest BCUT2D eigenvalue weighted by Crippen LogP contribution is -2.39. The van der Waals surface area contributed by atoms with Crippen molar-refractivity contribution in [1.82, 2.24) is 10.2 Å². The third-order valence-corrected chi connectivity index (χ3v) is 3.88. The fourth-order valence-corrected chi connectivity index (χ4v) is 3.07. The lowest BCUT2D eigenvalue weighted by molar-refractivity contribution is 0.171. The Bertz CT molecular complexity index is 373. The Hall–Kier alpha value is -0.570. The molecule has 0 heterocycles. The molecule has 19 heavy (non-hydrogen) atoms. The smallest absolute Gasteiger partial charge is 0.0451 e. The van der Waals surface area contributed by atoms with Crippen molar-refractivity contribution >= 4 is 11.6 Å². The summed E-state index contributed by atoms with van der Waals surface area (Å²) in [6, 6.07) is 8.10. The molecule has 0 saturated heterocycles. The maximum absolute atomic E-state index is 6.22. The van der Waals surface area contributed by atoms with Gasteiger partial charge < -0.3 is 10.2 Å². The van der Waals surface area contributed by atoms with Crippen molar-refractivity contribution in [3.05, 3.63) is 34.9 Å². The van der Waals surface area contributed by atoms with E-state index in [1.807, 2.05) is 25.2 Å². The molecule has 0 radical (unpaired) electrons. The van der Waals surface area contributed by atoms with Crippen molar-refractivity contribution in [2.75, 3.05) is 27.2 Å². The van der Waals surface area contributed by atoms with Gasteiger partial charge >= 0.3 is 0 Å². The second-order valence-electron chi connectivity index (χ2n) is 5.85. The van der Waals surface area contributed by atoms with Gasteiger partial charge in [-0.25, -0.2) is 0 Å². The van der Waals surface area contributed by atoms with Crippen molar-refractivity contribution < 1.29 is 0 Å². The summed E-state index contributed by atoms with van der Waals surface area (Å²) in [7, 11) is 4.20. The van der Waals surface area contributed by atoms with Gasteiger partial charge in [-0.15, -0.1) is 0 Å². The maximum atomic E-state index is 6.22. The molecule has 0 amide bonds. The molecule has 1 aromatic carbocycles. The Kier molecular flexibility index (Phi) is 6.84. The molecule has 1 unspecified atom stereocenters. The molecule has 3 heteroatoms. The fraction of sp³-hybridized carbons (Fsp3) is 0.625. The van der Waals surface area contributed by atoms with Crippen LogP contribution in [-0.2, 0) is 6.54 Å². The van der Waals surface area contributed by atoms with Gasteiger partial charge in [-0.2, -0.15) is 0 Å². The molecule has 1 atom stereocenters. The molecule has 0 aromatic heterocycles. The fourth-order valence-electron chi connectivity index (χ4n) is 2.88. The summed E-state index contributed by atoms with van der Waals surface area (Å²) in [6.07, 6.45) is 2.46. The third-order valence-electron chi connectivity index (χ3n) is 3.51. The van der Waals surface area contributed by atoms with Gasteiger partial charge in [-0.1, -0.05) is 50.1 Å². The van der Waals surface area contributed by atoms with E-state index in [1.165, 1.54) is 18.4 Å². The van der Waals surface area contributed by atoms with Gasteiger partial charge in [-0.05, 0) is 37.6 Å². The first-order chi connectivity index (χ1) is 9.00. The summed E-state index contributed by atoms with van der Waals surface area (Å²) in [6.45, 7) is 7.64. The Morgan fingerprint density at radius 2 is 2.00 bits per heavy atom. The highest BCUT2D eigenvalue weighted by Gasteiger charge is 2.24. The van der Waals surface area contributed by atoms with Crippen LogP contribution >= 0.6 is 11.6 Å². The van der Waals surface area contributed by atoms with Gasteiger partial charge in [0.15, 0.2) is 0 Å². The molecule has 0 aliphatic carbocycles. The normalized spacial score (nSPS) is 14.6. The standard InChI is InChI=1S/C16H27ClN2/c1-5-10-16(2,12-18-3)13-19(4)11-14-8-6-7-9-15(14)17/h6-9,18H,5,10-13H2,1-4H3. The first-order valence-electron chi connectivity index (χ1n) is 7.07. The summed E-state index contributed by atoms with van der Waals surface area (Å²) in [5.74, 6) is 0. The predicted molar refractivity (Wildman–Crippen MR) is 84.7 cm³/mol. The van der Waals surface area contributed by atoms with Crippen LogP contribution in [0.5, 0.6) is 0 Å². The van der Waals surface area contributed by atoms with Crippen molar-refractivity contribution in [2.45, 2.75) is 33.2 Å². The minimum atomic E-state index is 0.319. The second kappa shape index (κ2) is 7.88. The summed E-state index contributed by atoms with van der Waals surface area (Å²) in [4.78, 5) is 2.37. The average molecular weight is 283 g/mol. The van der Waals surface area contributed by atoms with Gasteiger partial charge in [0.1, 0.15) is 0 Å². The minimum Gasteiger partial charge on any atom is -0.319 e. The van der Waals surface area contributed by atoms with Crippen LogP contribution in [0.15, 0.2) is 24.3 Å². The van der Waals surface area contributed by atoms with E-state index in [-0.39, 0.29) is 0 Å². The van der Waals surface area contributed by atoms with Crippen molar-refractivity contribution in [3.8, 4) is 0 Å². The van der Waals surface area contributed by atoms with Crippen LogP contribution in [0.4, 0.5) is 0 Å². The summed E-state index contributed by atoms with van der Waals surface area (Å²) in [5.41, 5.74) is 1.52. The third kappa shape index (κ3) is 5.52. The Labute approximate surface area is 123 Å². The first kappa shape index (κ1) is 16.5. The molecule has 0 saturated carbocycles. The molecule has 108 valence electrons. The zero-order valence-electron chi connectivity index (χ0n) is 12.7. The van der Waals surface area contributed by atoms with Crippen molar-refractivity contribution in [3.63, 3.8) is 0 Å². The molecule has 2 nitrogen and oxygen atoms in total. The van der Waals surface area contributed by atoms with Crippen LogP contribution in [-0.4, -0.2) is 32.1 Å². The van der Waals surface area contributed by atoms with Crippen molar-refractivity contribution in [2.24, 2.45) is 5.41 Å². The zero-order valence-corrected chi connectivity index (χ0v) is 13.4. The number of hydrogen-bond donors (Lipinski definition) is 1. The molecule has 0 aliphatic heterocycles. The van der Waals surface area contributed by atoms with Gasteiger partial charge in [0, 0.05) is 24.7 Å². The molecule has 0 aliphatic rings. The zero-order chi connectivity index (χ0) is 14.3. The summed E-state index contributed by atoms with van der Waals surface area (Å²) < 4.78 is 0. The number of halogens is 1. The Morgan fingerprint density at radius 1 is 1.32 bits per heavy atom. The SMILES string of the molecule is CCCC(C)(CNC)CN(C)Cc1ccccc1Cl. The van der Waals surface area contributed by atoms with E-state index in [1.54, 1.807) is 0 Å². The topological polar surface area (TPSA) is 15.3 Å². The van der Waals surface area contributed by atoms with E-state index < -0.39 is 0 Å². The number of benzene rings is 1. The highest BCUT2D eigenvalue weighted by Crippen LogP contribution is 2.25. The average Bonchev–Trinajstić information content (AvgIpc) is 2.32. The molecule has 1 rings (SSSR count). The van der Waals surface area contributed by atoms with E-state index >= 15 is 0 Å². The molecular weight excluding hydrogens is 256 g/mol. The number of hydrogen-bond acceptors (Lipinski definition) is 2. The van der Waals surface area contributed by atoms with Gasteiger partial charge in [-0.3, -0.25) is 0 Å². The van der Waals surface area contributed by atoms with E-state index in [2.05, 4.69) is 37.2 Å². The Balaban J connectivity index is 2.62. The van der Waals surface area contributed by atoms with Gasteiger partial charge in [0.2, 0.25) is 0 Å². The summed E-state index contributed by atoms with van der Waals surface area (Å²) in [5, 5.41) is 4.18. The van der Waals surface area contributed by atoms with Crippen LogP contribution in [0.2, 0.25) is 5.02 Å². The van der Waals surface area contributed by atoms with Crippen LogP contribution < -0.4 is 5.32 Å². The molecule has 0 bridgehead atoms. The number of rotatable bonds is 8. The van der Waals surface area contributed by atoms with Crippen LogP contribution in [0.1, 0.15) is 32.3 Å². The van der Waals surface area contributed by atoms with Gasteiger partial charge in [0.05, 0.1) is 0 Å². The molecule has 1 N–H and O–H groups in total. The van der Waals surface area contributed by atoms with E-state index in [9.17, 15) is 0 Å². The van der Waals surface area contributed by atoms with Gasteiger partial charge in [0.25, 0.3) is 0 Å². The molecule has 1 aromatic rings. The number of nitrogens with one attached hydrogen (secondary N) is 1. The van der Waals surface area contributed by atoms with E-state index in [0.29, 0.717) is 5.41 Å². The quantitative estimate of drug-likeness (QED) is 0.780. The highest BCUT2D eigenvalue weighted by atomic mass is 35.5. The van der Waals surface area contributed by atoms with Crippen LogP contribution in [0, 0.1) is 5.41 Å². The van der Waals surface area contributed by atoms with E-state index in [0.717, 1.165) is 24.7 Å². The molecular formula is C16H27ClN2. The monoisotopic (exact) mass is 282 g/mol. The lowest BCUT2D eigenvalue weighted by atomic mass is 9.85. The minimum absolute atomic E-state index is 0.319. The van der Waals surface area contributed by atoms with Crippen LogP contribution in [0.3, 0.4) is 0 Å². The summed E-state index contributed by atoms with van der Waals surface area (Å²) >= 11 is 6.22. The number of nitrogens with zero attached hydrogens (tertiary/aromatic N) is 1. The predicted octanol–water partition coefficient (Wildman–Crippen LogP) is 3.80.